The molecule has 234 valence electrons. The number of anilines is 2. The van der Waals surface area contributed by atoms with Crippen LogP contribution in [0.1, 0.15) is 17.5 Å². The minimum atomic E-state index is -0.0129. The molecule has 1 aromatic heterocycles. The van der Waals surface area contributed by atoms with E-state index in [2.05, 4.69) is 26.7 Å². The van der Waals surface area contributed by atoms with Gasteiger partial charge in [0.25, 0.3) is 0 Å². The highest BCUT2D eigenvalue weighted by Crippen LogP contribution is 2.45. The van der Waals surface area contributed by atoms with Gasteiger partial charge in [-0.05, 0) is 30.7 Å². The number of rotatable bonds is 15. The van der Waals surface area contributed by atoms with Gasteiger partial charge in [-0.2, -0.15) is 4.98 Å². The van der Waals surface area contributed by atoms with Crippen LogP contribution in [0.25, 0.3) is 11.6 Å². The Morgan fingerprint density at radius 3 is 2.42 bits per heavy atom. The zero-order chi connectivity index (χ0) is 30.8. The van der Waals surface area contributed by atoms with Crippen LogP contribution in [-0.4, -0.2) is 119 Å². The number of aromatic nitrogens is 2. The topological polar surface area (TPSA) is 102 Å². The molecule has 0 atom stereocenters. The van der Waals surface area contributed by atoms with E-state index in [-0.39, 0.29) is 5.91 Å². The zero-order valence-electron chi connectivity index (χ0n) is 25.0. The van der Waals surface area contributed by atoms with Gasteiger partial charge in [0.1, 0.15) is 17.3 Å². The highest BCUT2D eigenvalue weighted by molar-refractivity contribution is 6.39. The van der Waals surface area contributed by atoms with E-state index < -0.39 is 0 Å². The van der Waals surface area contributed by atoms with Crippen molar-refractivity contribution in [3.05, 3.63) is 46.1 Å². The monoisotopic (exact) mass is 634 g/mol. The van der Waals surface area contributed by atoms with Crippen molar-refractivity contribution < 1.29 is 23.7 Å². The van der Waals surface area contributed by atoms with Crippen LogP contribution in [0.4, 0.5) is 11.8 Å². The third kappa shape index (κ3) is 8.30. The predicted molar refractivity (Wildman–Crippen MR) is 171 cm³/mol. The highest BCUT2D eigenvalue weighted by atomic mass is 35.5. The number of hydrogen-bond acceptors (Lipinski definition) is 10. The van der Waals surface area contributed by atoms with Crippen LogP contribution >= 0.6 is 23.2 Å². The summed E-state index contributed by atoms with van der Waals surface area (Å²) in [5, 5.41) is 4.09. The van der Waals surface area contributed by atoms with E-state index in [4.69, 9.17) is 47.1 Å². The first kappa shape index (κ1) is 32.8. The number of hydrogen-bond donors (Lipinski definition) is 1. The smallest absolute Gasteiger partial charge is 0.246 e. The molecule has 1 amide bonds. The normalized spacial score (nSPS) is 15.1. The standard InChI is InChI=1S/C30H40Cl2N6O5/c1-5-25(39)37-12-10-36(11-13-37)8-6-9-38-20-22(26-27(31)23(41-3)18-24(42-4)28(26)32)17-21-19-34-30(35-29(21)38)33-7-14-43-16-15-40-2/h5,17-19H,1,6-16,20H2,2-4H3,(H,33,34,35). The molecule has 0 unspecified atom stereocenters. The van der Waals surface area contributed by atoms with Gasteiger partial charge in [0.05, 0.1) is 44.1 Å². The van der Waals surface area contributed by atoms with E-state index in [0.29, 0.717) is 79.1 Å². The fraction of sp³-hybridized carbons (Fsp3) is 0.500. The summed E-state index contributed by atoms with van der Waals surface area (Å²) in [6.07, 6.45) is 6.10. The van der Waals surface area contributed by atoms with Crippen molar-refractivity contribution in [1.82, 2.24) is 19.8 Å². The Balaban J connectivity index is 1.53. The predicted octanol–water partition coefficient (Wildman–Crippen LogP) is 3.96. The lowest BCUT2D eigenvalue weighted by Gasteiger charge is -2.35. The number of fused-ring (bicyclic) bond motifs is 1. The van der Waals surface area contributed by atoms with E-state index >= 15 is 0 Å². The molecule has 13 heteroatoms. The first-order chi connectivity index (χ1) is 20.9. The molecule has 3 heterocycles. The number of methoxy groups -OCH3 is 3. The number of ether oxygens (including phenoxy) is 4. The Morgan fingerprint density at radius 1 is 1.05 bits per heavy atom. The molecular weight excluding hydrogens is 595 g/mol. The van der Waals surface area contributed by atoms with Gasteiger partial charge < -0.3 is 34.1 Å². The van der Waals surface area contributed by atoms with Crippen LogP contribution in [0, 0.1) is 0 Å². The van der Waals surface area contributed by atoms with E-state index in [1.807, 2.05) is 11.0 Å². The second-order valence-corrected chi connectivity index (χ2v) is 10.9. The van der Waals surface area contributed by atoms with Crippen molar-refractivity contribution in [2.45, 2.75) is 6.42 Å². The van der Waals surface area contributed by atoms with E-state index in [1.165, 1.54) is 6.08 Å². The third-order valence-corrected chi connectivity index (χ3v) is 8.15. The maximum Gasteiger partial charge on any atom is 0.246 e. The zero-order valence-corrected chi connectivity index (χ0v) is 26.5. The molecule has 0 saturated carbocycles. The minimum Gasteiger partial charge on any atom is -0.495 e. The molecule has 43 heavy (non-hydrogen) atoms. The van der Waals surface area contributed by atoms with Crippen molar-refractivity contribution in [3.8, 4) is 11.5 Å². The van der Waals surface area contributed by atoms with E-state index in [1.54, 1.807) is 33.6 Å². The summed E-state index contributed by atoms with van der Waals surface area (Å²) in [7, 11) is 4.77. The molecule has 1 aromatic carbocycles. The summed E-state index contributed by atoms with van der Waals surface area (Å²) in [5.74, 6) is 2.30. The number of piperazine rings is 1. The second kappa shape index (κ2) is 16.1. The molecule has 4 rings (SSSR count). The average molecular weight is 636 g/mol. The summed E-state index contributed by atoms with van der Waals surface area (Å²) in [4.78, 5) is 27.8. The molecule has 11 nitrogen and oxygen atoms in total. The molecular formula is C30H40Cl2N6O5. The number of amides is 1. The fourth-order valence-electron chi connectivity index (χ4n) is 5.13. The number of nitrogens with one attached hydrogen (secondary N) is 1. The lowest BCUT2D eigenvalue weighted by molar-refractivity contribution is -0.127. The number of nitrogens with zero attached hydrogens (tertiary/aromatic N) is 5. The van der Waals surface area contributed by atoms with Crippen LogP contribution in [0.15, 0.2) is 24.9 Å². The molecule has 2 aliphatic heterocycles. The van der Waals surface area contributed by atoms with Gasteiger partial charge in [0.15, 0.2) is 0 Å². The maximum atomic E-state index is 12.0. The third-order valence-electron chi connectivity index (χ3n) is 7.40. The lowest BCUT2D eigenvalue weighted by Crippen LogP contribution is -2.48. The SMILES string of the molecule is C=CC(=O)N1CCN(CCCN2CC(c3c(Cl)c(OC)cc(OC)c3Cl)=Cc3cnc(NCCOCCOC)nc32)CC1. The van der Waals surface area contributed by atoms with Crippen LogP contribution in [0.3, 0.4) is 0 Å². The average Bonchev–Trinajstić information content (AvgIpc) is 3.03. The Kier molecular flexibility index (Phi) is 12.3. The Labute approximate surface area is 263 Å². The van der Waals surface area contributed by atoms with Gasteiger partial charge in [-0.25, -0.2) is 4.98 Å². The Bertz CT molecular complexity index is 1270. The van der Waals surface area contributed by atoms with Crippen molar-refractivity contribution >= 4 is 52.5 Å². The Hall–Kier alpha value is -3.09. The number of carbonyl (C=O) groups is 1. The molecule has 1 fully saturated rings. The first-order valence-corrected chi connectivity index (χ1v) is 15.0. The van der Waals surface area contributed by atoms with Crippen LogP contribution in [0.2, 0.25) is 10.0 Å². The molecule has 1 saturated heterocycles. The van der Waals surface area contributed by atoms with Gasteiger partial charge in [0, 0.05) is 76.3 Å². The van der Waals surface area contributed by atoms with Gasteiger partial charge >= 0.3 is 0 Å². The van der Waals surface area contributed by atoms with Gasteiger partial charge in [-0.15, -0.1) is 0 Å². The molecule has 0 radical (unpaired) electrons. The number of benzene rings is 1. The quantitative estimate of drug-likeness (QED) is 0.229. The summed E-state index contributed by atoms with van der Waals surface area (Å²) in [6.45, 7) is 11.0. The first-order valence-electron chi connectivity index (χ1n) is 14.3. The number of halogens is 2. The molecule has 0 aliphatic carbocycles. The lowest BCUT2D eigenvalue weighted by atomic mass is 9.98. The maximum absolute atomic E-state index is 12.0. The Morgan fingerprint density at radius 2 is 1.77 bits per heavy atom. The summed E-state index contributed by atoms with van der Waals surface area (Å²) in [6, 6.07) is 1.69. The largest absolute Gasteiger partial charge is 0.495 e. The molecule has 1 N–H and O–H groups in total. The highest BCUT2D eigenvalue weighted by Gasteiger charge is 2.27. The van der Waals surface area contributed by atoms with Crippen molar-refractivity contribution in [2.24, 2.45) is 0 Å². The number of carbonyl (C=O) groups excluding carboxylic acids is 1. The van der Waals surface area contributed by atoms with Crippen LogP contribution in [-0.2, 0) is 14.3 Å². The molecule has 2 aliphatic rings. The van der Waals surface area contributed by atoms with Crippen molar-refractivity contribution in [1.29, 1.82) is 0 Å². The summed E-state index contributed by atoms with van der Waals surface area (Å²) >= 11 is 13.6. The summed E-state index contributed by atoms with van der Waals surface area (Å²) in [5.41, 5.74) is 2.43. The minimum absolute atomic E-state index is 0.0129. The molecule has 2 aromatic rings. The molecule has 0 spiro atoms. The van der Waals surface area contributed by atoms with E-state index in [0.717, 1.165) is 49.6 Å². The van der Waals surface area contributed by atoms with Crippen molar-refractivity contribution in [2.75, 3.05) is 104 Å². The van der Waals surface area contributed by atoms with Crippen LogP contribution in [0.5, 0.6) is 11.5 Å². The van der Waals surface area contributed by atoms with E-state index in [9.17, 15) is 4.79 Å². The molecule has 0 bridgehead atoms. The summed E-state index contributed by atoms with van der Waals surface area (Å²) < 4.78 is 21.6. The fourth-order valence-corrected chi connectivity index (χ4v) is 5.87. The second-order valence-electron chi connectivity index (χ2n) is 10.1. The van der Waals surface area contributed by atoms with Gasteiger partial charge in [0.2, 0.25) is 11.9 Å². The van der Waals surface area contributed by atoms with Gasteiger partial charge in [-0.1, -0.05) is 29.8 Å². The van der Waals surface area contributed by atoms with Crippen molar-refractivity contribution in [3.63, 3.8) is 0 Å². The van der Waals surface area contributed by atoms with Crippen LogP contribution < -0.4 is 19.7 Å². The van der Waals surface area contributed by atoms with Gasteiger partial charge in [-0.3, -0.25) is 9.69 Å².